The number of aromatic amines is 1. The summed E-state index contributed by atoms with van der Waals surface area (Å²) in [6.07, 6.45) is 4.97. The SMILES string of the molecule is C=CCN(CC=C)C(=O)c1ccc2[nH]c3cnc(C(=O)OCC)cc3c2c1. The molecule has 0 aliphatic rings. The molecule has 0 bridgehead atoms. The number of carbonyl (C=O) groups excluding carboxylic acids is 2. The van der Waals surface area contributed by atoms with Crippen molar-refractivity contribution in [3.05, 3.63) is 67.0 Å². The van der Waals surface area contributed by atoms with E-state index in [1.54, 1.807) is 42.3 Å². The summed E-state index contributed by atoms with van der Waals surface area (Å²) in [5.41, 5.74) is 2.45. The van der Waals surface area contributed by atoms with Crippen LogP contribution in [0.2, 0.25) is 0 Å². The van der Waals surface area contributed by atoms with E-state index in [1.807, 2.05) is 12.1 Å². The molecule has 0 aliphatic carbocycles. The molecule has 0 spiro atoms. The van der Waals surface area contributed by atoms with Crippen LogP contribution in [-0.4, -0.2) is 46.4 Å². The first-order chi connectivity index (χ1) is 13.1. The van der Waals surface area contributed by atoms with Crippen molar-refractivity contribution in [1.29, 1.82) is 0 Å². The number of esters is 1. The highest BCUT2D eigenvalue weighted by Gasteiger charge is 2.16. The molecule has 0 radical (unpaired) electrons. The molecule has 1 N–H and O–H groups in total. The summed E-state index contributed by atoms with van der Waals surface area (Å²) < 4.78 is 5.02. The number of aromatic nitrogens is 2. The molecule has 0 saturated heterocycles. The van der Waals surface area contributed by atoms with Crippen molar-refractivity contribution in [1.82, 2.24) is 14.9 Å². The van der Waals surface area contributed by atoms with E-state index in [2.05, 4.69) is 23.1 Å². The van der Waals surface area contributed by atoms with Crippen molar-refractivity contribution in [3.63, 3.8) is 0 Å². The zero-order valence-corrected chi connectivity index (χ0v) is 15.2. The molecule has 2 heterocycles. The lowest BCUT2D eigenvalue weighted by molar-refractivity contribution is 0.0519. The van der Waals surface area contributed by atoms with Crippen LogP contribution >= 0.6 is 0 Å². The Morgan fingerprint density at radius 2 is 1.85 bits per heavy atom. The minimum atomic E-state index is -0.468. The summed E-state index contributed by atoms with van der Waals surface area (Å²) in [6, 6.07) is 7.14. The highest BCUT2D eigenvalue weighted by molar-refractivity contribution is 6.11. The molecule has 2 aromatic heterocycles. The summed E-state index contributed by atoms with van der Waals surface area (Å²) in [4.78, 5) is 33.9. The molecule has 0 atom stereocenters. The zero-order chi connectivity index (χ0) is 19.4. The van der Waals surface area contributed by atoms with Gasteiger partial charge >= 0.3 is 5.97 Å². The largest absolute Gasteiger partial charge is 0.461 e. The molecule has 6 heteroatoms. The van der Waals surface area contributed by atoms with Crippen LogP contribution in [0.5, 0.6) is 0 Å². The van der Waals surface area contributed by atoms with Gasteiger partial charge in [0.25, 0.3) is 5.91 Å². The van der Waals surface area contributed by atoms with Crippen LogP contribution in [0.25, 0.3) is 21.8 Å². The van der Waals surface area contributed by atoms with Crippen LogP contribution in [0.15, 0.2) is 55.8 Å². The highest BCUT2D eigenvalue weighted by atomic mass is 16.5. The van der Waals surface area contributed by atoms with E-state index >= 15 is 0 Å². The Kier molecular flexibility index (Phi) is 5.35. The number of H-pyrrole nitrogens is 1. The first-order valence-corrected chi connectivity index (χ1v) is 8.68. The van der Waals surface area contributed by atoms with Crippen LogP contribution in [0.3, 0.4) is 0 Å². The molecule has 0 unspecified atom stereocenters. The van der Waals surface area contributed by atoms with Gasteiger partial charge in [0.15, 0.2) is 0 Å². The molecule has 6 nitrogen and oxygen atoms in total. The lowest BCUT2D eigenvalue weighted by Crippen LogP contribution is -2.31. The molecule has 0 saturated carbocycles. The van der Waals surface area contributed by atoms with Crippen LogP contribution in [-0.2, 0) is 4.74 Å². The van der Waals surface area contributed by atoms with E-state index < -0.39 is 5.97 Å². The van der Waals surface area contributed by atoms with E-state index in [9.17, 15) is 9.59 Å². The predicted molar refractivity (Wildman–Crippen MR) is 106 cm³/mol. The van der Waals surface area contributed by atoms with Gasteiger partial charge in [-0.3, -0.25) is 4.79 Å². The summed E-state index contributed by atoms with van der Waals surface area (Å²) >= 11 is 0. The number of hydrogen-bond acceptors (Lipinski definition) is 4. The van der Waals surface area contributed by atoms with Gasteiger partial charge in [0.05, 0.1) is 18.3 Å². The second kappa shape index (κ2) is 7.86. The molecular weight excluding hydrogens is 342 g/mol. The average Bonchev–Trinajstić information content (AvgIpc) is 3.04. The fourth-order valence-electron chi connectivity index (χ4n) is 2.98. The van der Waals surface area contributed by atoms with Gasteiger partial charge in [0.1, 0.15) is 5.69 Å². The number of hydrogen-bond donors (Lipinski definition) is 1. The van der Waals surface area contributed by atoms with Crippen molar-refractivity contribution < 1.29 is 14.3 Å². The summed E-state index contributed by atoms with van der Waals surface area (Å²) in [5.74, 6) is -0.574. The van der Waals surface area contributed by atoms with Crippen molar-refractivity contribution in [2.75, 3.05) is 19.7 Å². The molecule has 0 aliphatic heterocycles. The zero-order valence-electron chi connectivity index (χ0n) is 15.2. The average molecular weight is 363 g/mol. The minimum absolute atomic E-state index is 0.106. The van der Waals surface area contributed by atoms with Crippen LogP contribution in [0.1, 0.15) is 27.8 Å². The van der Waals surface area contributed by atoms with Crippen molar-refractivity contribution in [2.45, 2.75) is 6.92 Å². The Bertz CT molecular complexity index is 1030. The molecule has 1 amide bonds. The van der Waals surface area contributed by atoms with Gasteiger partial charge in [-0.15, -0.1) is 13.2 Å². The van der Waals surface area contributed by atoms with Gasteiger partial charge < -0.3 is 14.6 Å². The summed E-state index contributed by atoms with van der Waals surface area (Å²) in [7, 11) is 0. The Labute approximate surface area is 157 Å². The maximum absolute atomic E-state index is 12.8. The van der Waals surface area contributed by atoms with Gasteiger partial charge in [0, 0.05) is 34.9 Å². The van der Waals surface area contributed by atoms with Gasteiger partial charge in [-0.25, -0.2) is 9.78 Å². The first-order valence-electron chi connectivity index (χ1n) is 8.68. The Morgan fingerprint density at radius 1 is 1.15 bits per heavy atom. The Morgan fingerprint density at radius 3 is 2.52 bits per heavy atom. The summed E-state index contributed by atoms with van der Waals surface area (Å²) in [5, 5.41) is 1.66. The molecule has 0 fully saturated rings. The molecule has 1 aromatic carbocycles. The normalized spacial score (nSPS) is 10.7. The Hall–Kier alpha value is -3.41. The van der Waals surface area contributed by atoms with Crippen molar-refractivity contribution in [2.24, 2.45) is 0 Å². The van der Waals surface area contributed by atoms with E-state index in [0.717, 1.165) is 21.8 Å². The maximum atomic E-state index is 12.8. The number of fused-ring (bicyclic) bond motifs is 3. The van der Waals surface area contributed by atoms with Gasteiger partial charge in [-0.2, -0.15) is 0 Å². The molecule has 27 heavy (non-hydrogen) atoms. The van der Waals surface area contributed by atoms with E-state index in [0.29, 0.717) is 18.7 Å². The number of rotatable bonds is 7. The monoisotopic (exact) mass is 363 g/mol. The van der Waals surface area contributed by atoms with Crippen LogP contribution < -0.4 is 0 Å². The van der Waals surface area contributed by atoms with Crippen LogP contribution in [0, 0.1) is 0 Å². The molecule has 3 aromatic rings. The van der Waals surface area contributed by atoms with E-state index in [-0.39, 0.29) is 18.2 Å². The van der Waals surface area contributed by atoms with Gasteiger partial charge in [0.2, 0.25) is 0 Å². The van der Waals surface area contributed by atoms with Gasteiger partial charge in [-0.1, -0.05) is 12.2 Å². The van der Waals surface area contributed by atoms with E-state index in [1.165, 1.54) is 0 Å². The third-order valence-corrected chi connectivity index (χ3v) is 4.20. The minimum Gasteiger partial charge on any atom is -0.461 e. The number of nitrogens with zero attached hydrogens (tertiary/aromatic N) is 2. The van der Waals surface area contributed by atoms with Crippen molar-refractivity contribution >= 4 is 33.7 Å². The fourth-order valence-corrected chi connectivity index (χ4v) is 2.98. The fraction of sp³-hybridized carbons (Fsp3) is 0.190. The smallest absolute Gasteiger partial charge is 0.356 e. The lowest BCUT2D eigenvalue weighted by atomic mass is 10.1. The topological polar surface area (TPSA) is 75.3 Å². The molecular formula is C21H21N3O3. The van der Waals surface area contributed by atoms with Gasteiger partial charge in [-0.05, 0) is 31.2 Å². The predicted octanol–water partition coefficient (Wildman–Crippen LogP) is 3.71. The number of ether oxygens (including phenoxy) is 1. The number of pyridine rings is 1. The standard InChI is InChI=1S/C21H21N3O3/c1-4-9-24(10-5-2)20(25)14-7-8-17-15(11-14)16-12-18(21(26)27-6-3)22-13-19(16)23-17/h4-5,7-8,11-13,23H,1-2,6,9-10H2,3H3. The number of carbonyl (C=O) groups is 2. The third-order valence-electron chi connectivity index (χ3n) is 4.20. The second-order valence-electron chi connectivity index (χ2n) is 6.01. The molecule has 3 rings (SSSR count). The first kappa shape index (κ1) is 18.4. The number of amides is 1. The van der Waals surface area contributed by atoms with Crippen LogP contribution in [0.4, 0.5) is 0 Å². The van der Waals surface area contributed by atoms with Crippen molar-refractivity contribution in [3.8, 4) is 0 Å². The second-order valence-corrected chi connectivity index (χ2v) is 6.01. The third kappa shape index (κ3) is 3.60. The maximum Gasteiger partial charge on any atom is 0.356 e. The number of nitrogens with one attached hydrogen (secondary N) is 1. The lowest BCUT2D eigenvalue weighted by Gasteiger charge is -2.19. The Balaban J connectivity index is 2.07. The van der Waals surface area contributed by atoms with E-state index in [4.69, 9.17) is 4.74 Å². The summed E-state index contributed by atoms with van der Waals surface area (Å²) in [6.45, 7) is 10.3. The number of benzene rings is 1. The highest BCUT2D eigenvalue weighted by Crippen LogP contribution is 2.27. The quantitative estimate of drug-likeness (QED) is 0.513. The molecule has 138 valence electrons.